The minimum Gasteiger partial charge on any atom is -0.465 e. The molecule has 0 bridgehead atoms. The summed E-state index contributed by atoms with van der Waals surface area (Å²) < 4.78 is 4.70. The molecule has 0 amide bonds. The van der Waals surface area contributed by atoms with Crippen molar-refractivity contribution in [3.63, 3.8) is 0 Å². The van der Waals surface area contributed by atoms with Gasteiger partial charge in [-0.05, 0) is 37.3 Å². The number of rotatable bonds is 5. The van der Waals surface area contributed by atoms with E-state index in [0.29, 0.717) is 30.9 Å². The highest BCUT2D eigenvalue weighted by Gasteiger charge is 2.30. The zero-order chi connectivity index (χ0) is 21.1. The van der Waals surface area contributed by atoms with Crippen LogP contribution in [0.5, 0.6) is 0 Å². The van der Waals surface area contributed by atoms with E-state index in [1.54, 1.807) is 12.1 Å². The number of nitrogens with zero attached hydrogens (tertiary/aromatic N) is 4. The maximum Gasteiger partial charge on any atom is 0.337 e. The Balaban J connectivity index is 1.79. The van der Waals surface area contributed by atoms with Crippen LogP contribution in [0.1, 0.15) is 17.3 Å². The third kappa shape index (κ3) is 4.10. The van der Waals surface area contributed by atoms with Crippen molar-refractivity contribution in [1.29, 1.82) is 0 Å². The van der Waals surface area contributed by atoms with Gasteiger partial charge in [-0.15, -0.1) is 0 Å². The molecule has 1 atom stereocenters. The number of carbonyl (C=O) groups is 1. The van der Waals surface area contributed by atoms with Gasteiger partial charge < -0.3 is 14.5 Å². The number of nitro benzene ring substituents is 2. The average molecular weight is 400 g/mol. The first kappa shape index (κ1) is 20.1. The lowest BCUT2D eigenvalue weighted by molar-refractivity contribution is -0.393. The van der Waals surface area contributed by atoms with E-state index in [1.807, 2.05) is 24.0 Å². The smallest absolute Gasteiger partial charge is 0.337 e. The molecule has 0 aromatic heterocycles. The number of hydrogen-bond donors (Lipinski definition) is 0. The standard InChI is InChI=1S/C19H20N4O6/c1-13-12-20(15-5-3-14(4-6-15)19(24)29-2)9-10-21(13)17-8-7-16(22(25)26)11-18(17)23(27)28/h3-8,11,13H,9-10,12H2,1-2H3. The van der Waals surface area contributed by atoms with Crippen LogP contribution >= 0.6 is 0 Å². The molecule has 1 heterocycles. The summed E-state index contributed by atoms with van der Waals surface area (Å²) >= 11 is 0. The largest absolute Gasteiger partial charge is 0.465 e. The third-order valence-electron chi connectivity index (χ3n) is 4.96. The maximum atomic E-state index is 11.6. The normalized spacial score (nSPS) is 16.4. The number of benzene rings is 2. The van der Waals surface area contributed by atoms with E-state index in [4.69, 9.17) is 4.74 Å². The van der Waals surface area contributed by atoms with E-state index < -0.39 is 15.8 Å². The average Bonchev–Trinajstić information content (AvgIpc) is 2.72. The van der Waals surface area contributed by atoms with Crippen LogP contribution in [-0.4, -0.2) is 48.6 Å². The van der Waals surface area contributed by atoms with Gasteiger partial charge in [0, 0.05) is 37.4 Å². The predicted octanol–water partition coefficient (Wildman–Crippen LogP) is 3.00. The third-order valence-corrected chi connectivity index (χ3v) is 4.96. The molecule has 152 valence electrons. The fourth-order valence-corrected chi connectivity index (χ4v) is 3.49. The molecule has 1 fully saturated rings. The second-order valence-corrected chi connectivity index (χ2v) is 6.71. The first-order chi connectivity index (χ1) is 13.8. The Hall–Kier alpha value is -3.69. The van der Waals surface area contributed by atoms with Crippen molar-refractivity contribution in [3.8, 4) is 0 Å². The lowest BCUT2D eigenvalue weighted by atomic mass is 10.1. The highest BCUT2D eigenvalue weighted by molar-refractivity contribution is 5.89. The van der Waals surface area contributed by atoms with Crippen molar-refractivity contribution in [1.82, 2.24) is 0 Å². The van der Waals surface area contributed by atoms with Crippen LogP contribution in [0.15, 0.2) is 42.5 Å². The number of piperazine rings is 1. The number of methoxy groups -OCH3 is 1. The van der Waals surface area contributed by atoms with E-state index >= 15 is 0 Å². The summed E-state index contributed by atoms with van der Waals surface area (Å²) in [5, 5.41) is 22.4. The molecule has 0 spiro atoms. The van der Waals surface area contributed by atoms with Gasteiger partial charge in [-0.2, -0.15) is 0 Å². The van der Waals surface area contributed by atoms with Gasteiger partial charge in [0.15, 0.2) is 0 Å². The minimum atomic E-state index is -0.643. The van der Waals surface area contributed by atoms with Gasteiger partial charge >= 0.3 is 5.97 Å². The van der Waals surface area contributed by atoms with Crippen LogP contribution < -0.4 is 9.80 Å². The lowest BCUT2D eigenvalue weighted by Gasteiger charge is -2.42. The molecule has 3 rings (SSSR count). The van der Waals surface area contributed by atoms with Gasteiger partial charge in [-0.25, -0.2) is 4.79 Å². The minimum absolute atomic E-state index is 0.0656. The summed E-state index contributed by atoms with van der Waals surface area (Å²) in [6, 6.07) is 10.7. The van der Waals surface area contributed by atoms with Crippen molar-refractivity contribution in [2.24, 2.45) is 0 Å². The van der Waals surface area contributed by atoms with E-state index in [9.17, 15) is 25.0 Å². The lowest BCUT2D eigenvalue weighted by Crippen LogP contribution is -2.52. The van der Waals surface area contributed by atoms with Crippen LogP contribution in [0.4, 0.5) is 22.7 Å². The summed E-state index contributed by atoms with van der Waals surface area (Å²) in [5.74, 6) is -0.403. The topological polar surface area (TPSA) is 119 Å². The summed E-state index contributed by atoms with van der Waals surface area (Å²) in [6.45, 7) is 3.67. The highest BCUT2D eigenvalue weighted by atomic mass is 16.6. The van der Waals surface area contributed by atoms with Gasteiger partial charge in [-0.3, -0.25) is 20.2 Å². The molecule has 0 aliphatic carbocycles. The maximum absolute atomic E-state index is 11.6. The first-order valence-electron chi connectivity index (χ1n) is 8.94. The van der Waals surface area contributed by atoms with E-state index in [-0.39, 0.29) is 17.4 Å². The van der Waals surface area contributed by atoms with Crippen molar-refractivity contribution in [2.75, 3.05) is 36.5 Å². The monoisotopic (exact) mass is 400 g/mol. The highest BCUT2D eigenvalue weighted by Crippen LogP contribution is 2.34. The molecule has 0 radical (unpaired) electrons. The van der Waals surface area contributed by atoms with E-state index in [1.165, 1.54) is 19.2 Å². The molecule has 0 saturated carbocycles. The second kappa shape index (κ2) is 8.13. The number of anilines is 2. The number of carbonyl (C=O) groups excluding carboxylic acids is 1. The van der Waals surface area contributed by atoms with E-state index in [0.717, 1.165) is 11.8 Å². The first-order valence-corrected chi connectivity index (χ1v) is 8.94. The molecule has 1 saturated heterocycles. The Bertz CT molecular complexity index is 946. The van der Waals surface area contributed by atoms with Gasteiger partial charge in [0.2, 0.25) is 0 Å². The van der Waals surface area contributed by atoms with Crippen molar-refractivity contribution < 1.29 is 19.4 Å². The summed E-state index contributed by atoms with van der Waals surface area (Å²) in [4.78, 5) is 36.7. The molecule has 0 N–H and O–H groups in total. The van der Waals surface area contributed by atoms with Gasteiger partial charge in [0.1, 0.15) is 5.69 Å². The van der Waals surface area contributed by atoms with E-state index in [2.05, 4.69) is 4.90 Å². The van der Waals surface area contributed by atoms with Crippen molar-refractivity contribution in [3.05, 3.63) is 68.3 Å². The quantitative estimate of drug-likeness (QED) is 0.427. The molecule has 1 aliphatic heterocycles. The molecule has 1 aliphatic rings. The molecule has 2 aromatic rings. The van der Waals surface area contributed by atoms with Crippen LogP contribution in [0.2, 0.25) is 0 Å². The molecule has 1 unspecified atom stereocenters. The SMILES string of the molecule is COC(=O)c1ccc(N2CCN(c3ccc([N+](=O)[O-])cc3[N+](=O)[O-])C(C)C2)cc1. The Labute approximate surface area is 166 Å². The van der Waals surface area contributed by atoms with Crippen LogP contribution in [0, 0.1) is 20.2 Å². The molecular formula is C19H20N4O6. The number of non-ortho nitro benzene ring substituents is 1. The fraction of sp³-hybridized carbons (Fsp3) is 0.316. The summed E-state index contributed by atoms with van der Waals surface area (Å²) in [7, 11) is 1.33. The molecule has 2 aromatic carbocycles. The van der Waals surface area contributed by atoms with Gasteiger partial charge in [-0.1, -0.05) is 0 Å². The Morgan fingerprint density at radius 2 is 1.76 bits per heavy atom. The Kier molecular flexibility index (Phi) is 5.62. The predicted molar refractivity (Wildman–Crippen MR) is 107 cm³/mol. The summed E-state index contributed by atoms with van der Waals surface area (Å²) in [5.41, 5.74) is 1.18. The number of hydrogen-bond acceptors (Lipinski definition) is 8. The van der Waals surface area contributed by atoms with Crippen LogP contribution in [0.3, 0.4) is 0 Å². The molecular weight excluding hydrogens is 380 g/mol. The Morgan fingerprint density at radius 1 is 1.07 bits per heavy atom. The summed E-state index contributed by atoms with van der Waals surface area (Å²) in [6.07, 6.45) is 0. The number of nitro groups is 2. The molecule has 29 heavy (non-hydrogen) atoms. The zero-order valence-electron chi connectivity index (χ0n) is 16.0. The van der Waals surface area contributed by atoms with Gasteiger partial charge in [0.25, 0.3) is 11.4 Å². The van der Waals surface area contributed by atoms with Crippen LogP contribution in [0.25, 0.3) is 0 Å². The van der Waals surface area contributed by atoms with Crippen molar-refractivity contribution in [2.45, 2.75) is 13.0 Å². The van der Waals surface area contributed by atoms with Gasteiger partial charge in [0.05, 0.1) is 28.6 Å². The fourth-order valence-electron chi connectivity index (χ4n) is 3.49. The van der Waals surface area contributed by atoms with Crippen molar-refractivity contribution >= 4 is 28.7 Å². The second-order valence-electron chi connectivity index (χ2n) is 6.71. The number of esters is 1. The number of ether oxygens (including phenoxy) is 1. The zero-order valence-corrected chi connectivity index (χ0v) is 16.0. The van der Waals surface area contributed by atoms with Crippen LogP contribution in [-0.2, 0) is 4.74 Å². The Morgan fingerprint density at radius 3 is 2.31 bits per heavy atom. The molecule has 10 heteroatoms. The molecule has 10 nitrogen and oxygen atoms in total.